The fourth-order valence-corrected chi connectivity index (χ4v) is 3.70. The number of hydrogen-bond donors (Lipinski definition) is 1. The predicted octanol–water partition coefficient (Wildman–Crippen LogP) is 3.22. The highest BCUT2D eigenvalue weighted by Crippen LogP contribution is 2.36. The molecule has 3 rings (SSSR count). The second-order valence-electron chi connectivity index (χ2n) is 6.83. The molecule has 0 radical (unpaired) electrons. The molecule has 21 heavy (non-hydrogen) atoms. The summed E-state index contributed by atoms with van der Waals surface area (Å²) in [7, 11) is 0. The number of nitrogens with one attached hydrogen (secondary N) is 1. The van der Waals surface area contributed by atoms with Gasteiger partial charge in [-0.05, 0) is 31.4 Å². The van der Waals surface area contributed by atoms with Gasteiger partial charge in [-0.3, -0.25) is 4.90 Å². The molecule has 1 saturated heterocycles. The van der Waals surface area contributed by atoms with Gasteiger partial charge in [0.2, 0.25) is 0 Å². The van der Waals surface area contributed by atoms with Crippen molar-refractivity contribution >= 4 is 0 Å². The number of para-hydroxylation sites is 1. The summed E-state index contributed by atoms with van der Waals surface area (Å²) < 4.78 is 5.84. The second-order valence-corrected chi connectivity index (χ2v) is 6.83. The molecule has 3 nitrogen and oxygen atoms in total. The summed E-state index contributed by atoms with van der Waals surface area (Å²) in [5, 5.41) is 3.65. The Hall–Kier alpha value is -1.06. The van der Waals surface area contributed by atoms with Crippen molar-refractivity contribution < 1.29 is 4.74 Å². The van der Waals surface area contributed by atoms with Gasteiger partial charge in [0.1, 0.15) is 5.75 Å². The van der Waals surface area contributed by atoms with Gasteiger partial charge < -0.3 is 10.1 Å². The minimum atomic E-state index is 0.514. The number of ether oxygens (including phenoxy) is 1. The summed E-state index contributed by atoms with van der Waals surface area (Å²) in [4.78, 5) is 2.69. The van der Waals surface area contributed by atoms with Crippen LogP contribution < -0.4 is 10.1 Å². The standard InChI is InChI=1S/C18H28N2O/c1-14(2)12-20(13-15-6-5-10-19-15)17-9-11-21-18-8-4-3-7-16(17)18/h3-4,7-8,14-15,17,19H,5-6,9-13H2,1-2H3. The van der Waals surface area contributed by atoms with E-state index < -0.39 is 0 Å². The van der Waals surface area contributed by atoms with E-state index >= 15 is 0 Å². The minimum Gasteiger partial charge on any atom is -0.493 e. The average molecular weight is 288 g/mol. The Morgan fingerprint density at radius 1 is 1.29 bits per heavy atom. The van der Waals surface area contributed by atoms with Gasteiger partial charge in [0, 0.05) is 37.2 Å². The molecule has 2 aliphatic heterocycles. The van der Waals surface area contributed by atoms with Crippen LogP contribution in [0.2, 0.25) is 0 Å². The smallest absolute Gasteiger partial charge is 0.124 e. The van der Waals surface area contributed by atoms with Gasteiger partial charge in [-0.25, -0.2) is 0 Å². The zero-order valence-corrected chi connectivity index (χ0v) is 13.3. The molecule has 116 valence electrons. The first-order chi connectivity index (χ1) is 10.2. The topological polar surface area (TPSA) is 24.5 Å². The van der Waals surface area contributed by atoms with E-state index in [1.165, 1.54) is 24.9 Å². The lowest BCUT2D eigenvalue weighted by Gasteiger charge is -2.38. The maximum atomic E-state index is 5.84. The van der Waals surface area contributed by atoms with E-state index in [9.17, 15) is 0 Å². The average Bonchev–Trinajstić information content (AvgIpc) is 2.98. The van der Waals surface area contributed by atoms with Crippen LogP contribution in [0.5, 0.6) is 5.75 Å². The normalized spacial score (nSPS) is 25.1. The van der Waals surface area contributed by atoms with Gasteiger partial charge in [0.05, 0.1) is 6.61 Å². The van der Waals surface area contributed by atoms with Gasteiger partial charge in [-0.1, -0.05) is 32.0 Å². The number of benzene rings is 1. The zero-order valence-electron chi connectivity index (χ0n) is 13.3. The summed E-state index contributed by atoms with van der Waals surface area (Å²) in [5.41, 5.74) is 1.38. The molecule has 2 heterocycles. The summed E-state index contributed by atoms with van der Waals surface area (Å²) in [5.74, 6) is 1.78. The second kappa shape index (κ2) is 6.80. The van der Waals surface area contributed by atoms with E-state index in [-0.39, 0.29) is 0 Å². The Bertz CT molecular complexity index is 454. The van der Waals surface area contributed by atoms with Crippen LogP contribution >= 0.6 is 0 Å². The third-order valence-corrected chi connectivity index (χ3v) is 4.58. The molecule has 0 amide bonds. The molecule has 0 aliphatic carbocycles. The molecule has 0 saturated carbocycles. The molecule has 0 aromatic heterocycles. The van der Waals surface area contributed by atoms with Crippen molar-refractivity contribution in [3.05, 3.63) is 29.8 Å². The Kier molecular flexibility index (Phi) is 4.81. The largest absolute Gasteiger partial charge is 0.493 e. The Balaban J connectivity index is 1.78. The number of hydrogen-bond acceptors (Lipinski definition) is 3. The lowest BCUT2D eigenvalue weighted by Crippen LogP contribution is -2.42. The quantitative estimate of drug-likeness (QED) is 0.900. The summed E-state index contributed by atoms with van der Waals surface area (Å²) in [6.07, 6.45) is 3.75. The first-order valence-corrected chi connectivity index (χ1v) is 8.43. The lowest BCUT2D eigenvalue weighted by molar-refractivity contribution is 0.118. The maximum Gasteiger partial charge on any atom is 0.124 e. The van der Waals surface area contributed by atoms with Gasteiger partial charge in [-0.2, -0.15) is 0 Å². The maximum absolute atomic E-state index is 5.84. The summed E-state index contributed by atoms with van der Waals surface area (Å²) in [6, 6.07) is 9.75. The molecule has 3 heteroatoms. The predicted molar refractivity (Wildman–Crippen MR) is 86.7 cm³/mol. The van der Waals surface area contributed by atoms with Gasteiger partial charge in [-0.15, -0.1) is 0 Å². The van der Waals surface area contributed by atoms with Crippen LogP contribution in [0.1, 0.15) is 44.7 Å². The van der Waals surface area contributed by atoms with Crippen molar-refractivity contribution in [2.45, 2.75) is 45.2 Å². The van der Waals surface area contributed by atoms with Gasteiger partial charge >= 0.3 is 0 Å². The van der Waals surface area contributed by atoms with E-state index in [1.807, 2.05) is 0 Å². The molecular formula is C18H28N2O. The van der Waals surface area contributed by atoms with E-state index in [0.717, 1.165) is 31.9 Å². The van der Waals surface area contributed by atoms with Crippen molar-refractivity contribution in [3.63, 3.8) is 0 Å². The lowest BCUT2D eigenvalue weighted by atomic mass is 9.97. The van der Waals surface area contributed by atoms with Crippen LogP contribution in [0, 0.1) is 5.92 Å². The highest BCUT2D eigenvalue weighted by molar-refractivity contribution is 5.37. The van der Waals surface area contributed by atoms with Crippen LogP contribution in [-0.2, 0) is 0 Å². The first-order valence-electron chi connectivity index (χ1n) is 8.43. The van der Waals surface area contributed by atoms with Crippen molar-refractivity contribution in [2.24, 2.45) is 5.92 Å². The van der Waals surface area contributed by atoms with Crippen LogP contribution in [0.15, 0.2) is 24.3 Å². The van der Waals surface area contributed by atoms with Crippen molar-refractivity contribution in [2.75, 3.05) is 26.2 Å². The van der Waals surface area contributed by atoms with Crippen LogP contribution in [-0.4, -0.2) is 37.2 Å². The molecule has 1 fully saturated rings. The highest BCUT2D eigenvalue weighted by atomic mass is 16.5. The van der Waals surface area contributed by atoms with Crippen molar-refractivity contribution in [1.82, 2.24) is 10.2 Å². The highest BCUT2D eigenvalue weighted by Gasteiger charge is 2.29. The van der Waals surface area contributed by atoms with Crippen LogP contribution in [0.3, 0.4) is 0 Å². The first kappa shape index (κ1) is 14.9. The zero-order chi connectivity index (χ0) is 14.7. The number of rotatable bonds is 5. The van der Waals surface area contributed by atoms with Gasteiger partial charge in [0.15, 0.2) is 0 Å². The summed E-state index contributed by atoms with van der Waals surface area (Å²) >= 11 is 0. The molecular weight excluding hydrogens is 260 g/mol. The third-order valence-electron chi connectivity index (χ3n) is 4.58. The SMILES string of the molecule is CC(C)CN(CC1CCCN1)C1CCOc2ccccc21. The van der Waals surface area contributed by atoms with E-state index in [4.69, 9.17) is 4.74 Å². The molecule has 0 spiro atoms. The molecule has 2 unspecified atom stereocenters. The monoisotopic (exact) mass is 288 g/mol. The number of fused-ring (bicyclic) bond motifs is 1. The molecule has 1 aromatic carbocycles. The molecule has 1 aromatic rings. The summed E-state index contributed by atoms with van der Waals surface area (Å²) in [6.45, 7) is 8.99. The molecule has 0 bridgehead atoms. The Labute approximate surface area is 128 Å². The van der Waals surface area contributed by atoms with Gasteiger partial charge in [0.25, 0.3) is 0 Å². The van der Waals surface area contributed by atoms with E-state index in [1.54, 1.807) is 0 Å². The van der Waals surface area contributed by atoms with Crippen LogP contribution in [0.4, 0.5) is 0 Å². The minimum absolute atomic E-state index is 0.514. The fourth-order valence-electron chi connectivity index (χ4n) is 3.70. The number of nitrogens with zero attached hydrogens (tertiary/aromatic N) is 1. The molecule has 1 N–H and O–H groups in total. The Morgan fingerprint density at radius 3 is 2.90 bits per heavy atom. The van der Waals surface area contributed by atoms with E-state index in [2.05, 4.69) is 48.3 Å². The van der Waals surface area contributed by atoms with Crippen molar-refractivity contribution in [1.29, 1.82) is 0 Å². The third kappa shape index (κ3) is 3.58. The Morgan fingerprint density at radius 2 is 2.14 bits per heavy atom. The molecule has 2 aliphatic rings. The fraction of sp³-hybridized carbons (Fsp3) is 0.667. The van der Waals surface area contributed by atoms with Crippen LogP contribution in [0.25, 0.3) is 0 Å². The molecule has 2 atom stereocenters. The van der Waals surface area contributed by atoms with E-state index in [0.29, 0.717) is 18.0 Å². The van der Waals surface area contributed by atoms with Crippen molar-refractivity contribution in [3.8, 4) is 5.75 Å².